The molecule has 4 nitrogen and oxygen atoms in total. The van der Waals surface area contributed by atoms with E-state index < -0.39 is 5.97 Å². The number of carboxylic acid groups (broad SMARTS) is 1. The van der Waals surface area contributed by atoms with Crippen LogP contribution in [0.3, 0.4) is 0 Å². The van der Waals surface area contributed by atoms with Crippen molar-refractivity contribution < 1.29 is 9.90 Å². The average molecular weight is 262 g/mol. The van der Waals surface area contributed by atoms with Crippen LogP contribution in [0.2, 0.25) is 0 Å². The van der Waals surface area contributed by atoms with Crippen molar-refractivity contribution >= 4 is 17.3 Å². The number of aryl methyl sites for hydroxylation is 1. The predicted molar refractivity (Wildman–Crippen MR) is 69.8 cm³/mol. The Hall–Kier alpha value is -1.62. The number of rotatable bonds is 3. The number of carboxylic acids is 1. The number of carbonyl (C=O) groups is 1. The fraction of sp³-hybridized carbons (Fsp3) is 0.385. The summed E-state index contributed by atoms with van der Waals surface area (Å²) >= 11 is 1.65. The largest absolute Gasteiger partial charge is 0.481 e. The minimum Gasteiger partial charge on any atom is -0.481 e. The van der Waals surface area contributed by atoms with E-state index in [-0.39, 0.29) is 6.42 Å². The molecule has 0 fully saturated rings. The Kier molecular flexibility index (Phi) is 2.91. The molecule has 0 radical (unpaired) electrons. The highest BCUT2D eigenvalue weighted by molar-refractivity contribution is 7.13. The van der Waals surface area contributed by atoms with Crippen molar-refractivity contribution in [3.63, 3.8) is 0 Å². The molecule has 0 amide bonds. The van der Waals surface area contributed by atoms with Crippen LogP contribution in [0, 0.1) is 0 Å². The highest BCUT2D eigenvalue weighted by Crippen LogP contribution is 2.34. The van der Waals surface area contributed by atoms with Crippen molar-refractivity contribution in [2.75, 3.05) is 0 Å². The van der Waals surface area contributed by atoms with Gasteiger partial charge in [0.05, 0.1) is 12.1 Å². The monoisotopic (exact) mass is 262 g/mol. The Morgan fingerprint density at radius 2 is 2.39 bits per heavy atom. The van der Waals surface area contributed by atoms with Crippen LogP contribution < -0.4 is 0 Å². The molecule has 0 spiro atoms. The molecule has 2 aromatic heterocycles. The van der Waals surface area contributed by atoms with Crippen molar-refractivity contribution in [2.24, 2.45) is 0 Å². The molecule has 1 aliphatic rings. The molecule has 0 saturated carbocycles. The van der Waals surface area contributed by atoms with Gasteiger partial charge in [-0.05, 0) is 30.7 Å². The topological polar surface area (TPSA) is 55.1 Å². The molecular weight excluding hydrogens is 248 g/mol. The van der Waals surface area contributed by atoms with Crippen LogP contribution in [-0.2, 0) is 24.2 Å². The van der Waals surface area contributed by atoms with E-state index in [4.69, 9.17) is 5.11 Å². The molecule has 0 bridgehead atoms. The number of aromatic nitrogens is 2. The summed E-state index contributed by atoms with van der Waals surface area (Å²) in [6.45, 7) is 0.910. The maximum absolute atomic E-state index is 11.0. The second-order valence-corrected chi connectivity index (χ2v) is 5.44. The molecule has 5 heteroatoms. The van der Waals surface area contributed by atoms with Crippen LogP contribution >= 0.6 is 11.3 Å². The quantitative estimate of drug-likeness (QED) is 0.925. The highest BCUT2D eigenvalue weighted by Gasteiger charge is 2.23. The number of thiophene rings is 1. The number of fused-ring (bicyclic) bond motifs is 1. The first-order chi connectivity index (χ1) is 8.75. The minimum atomic E-state index is -0.816. The second kappa shape index (κ2) is 4.57. The fourth-order valence-corrected chi connectivity index (χ4v) is 3.33. The molecular formula is C13H14N2O2S. The summed E-state index contributed by atoms with van der Waals surface area (Å²) in [7, 11) is 0. The van der Waals surface area contributed by atoms with Gasteiger partial charge in [-0.1, -0.05) is 6.07 Å². The van der Waals surface area contributed by atoms with Gasteiger partial charge in [-0.2, -0.15) is 5.10 Å². The predicted octanol–water partition coefficient (Wildman–Crippen LogP) is 2.58. The van der Waals surface area contributed by atoms with Crippen molar-refractivity contribution in [1.82, 2.24) is 9.78 Å². The minimum absolute atomic E-state index is 0.00718. The molecule has 1 aliphatic heterocycles. The molecule has 18 heavy (non-hydrogen) atoms. The third-order valence-electron chi connectivity index (χ3n) is 3.25. The normalized spacial score (nSPS) is 14.4. The van der Waals surface area contributed by atoms with Gasteiger partial charge in [-0.3, -0.25) is 9.48 Å². The van der Waals surface area contributed by atoms with E-state index in [0.29, 0.717) is 5.69 Å². The smallest absolute Gasteiger partial charge is 0.309 e. The first-order valence-electron chi connectivity index (χ1n) is 6.10. The Bertz CT molecular complexity index is 572. The lowest BCUT2D eigenvalue weighted by molar-refractivity contribution is -0.136. The molecule has 3 rings (SSSR count). The van der Waals surface area contributed by atoms with Gasteiger partial charge in [0.1, 0.15) is 0 Å². The summed E-state index contributed by atoms with van der Waals surface area (Å²) in [5.41, 5.74) is 2.98. The SMILES string of the molecule is O=C(O)Cc1nn2c(c1-c1cccs1)CCCC2. The van der Waals surface area contributed by atoms with Gasteiger partial charge < -0.3 is 5.11 Å². The maximum Gasteiger partial charge on any atom is 0.309 e. The summed E-state index contributed by atoms with van der Waals surface area (Å²) < 4.78 is 2.00. The van der Waals surface area contributed by atoms with Crippen LogP contribution in [0.25, 0.3) is 10.4 Å². The third kappa shape index (κ3) is 1.95. The summed E-state index contributed by atoms with van der Waals surface area (Å²) in [4.78, 5) is 12.1. The summed E-state index contributed by atoms with van der Waals surface area (Å²) in [6.07, 6.45) is 3.30. The number of hydrogen-bond donors (Lipinski definition) is 1. The van der Waals surface area contributed by atoms with Crippen molar-refractivity contribution in [1.29, 1.82) is 0 Å². The van der Waals surface area contributed by atoms with E-state index >= 15 is 0 Å². The van der Waals surface area contributed by atoms with Crippen LogP contribution in [-0.4, -0.2) is 20.9 Å². The third-order valence-corrected chi connectivity index (χ3v) is 4.14. The summed E-state index contributed by atoms with van der Waals surface area (Å²) in [6, 6.07) is 4.04. The number of nitrogens with zero attached hydrogens (tertiary/aromatic N) is 2. The van der Waals surface area contributed by atoms with Crippen molar-refractivity contribution in [3.8, 4) is 10.4 Å². The van der Waals surface area contributed by atoms with Gasteiger partial charge in [0, 0.05) is 22.7 Å². The van der Waals surface area contributed by atoms with Crippen molar-refractivity contribution in [3.05, 3.63) is 28.9 Å². The van der Waals surface area contributed by atoms with E-state index in [9.17, 15) is 4.79 Å². The van der Waals surface area contributed by atoms with Gasteiger partial charge in [0.2, 0.25) is 0 Å². The molecule has 2 aromatic rings. The molecule has 0 unspecified atom stereocenters. The lowest BCUT2D eigenvalue weighted by Gasteiger charge is -2.14. The van der Waals surface area contributed by atoms with Gasteiger partial charge in [0.25, 0.3) is 0 Å². The molecule has 94 valence electrons. The maximum atomic E-state index is 11.0. The molecule has 0 saturated heterocycles. The first kappa shape index (κ1) is 11.5. The van der Waals surface area contributed by atoms with E-state index in [1.165, 1.54) is 5.69 Å². The van der Waals surface area contributed by atoms with E-state index in [0.717, 1.165) is 36.2 Å². The van der Waals surface area contributed by atoms with Crippen LogP contribution in [0.5, 0.6) is 0 Å². The fourth-order valence-electron chi connectivity index (χ4n) is 2.52. The molecule has 0 atom stereocenters. The van der Waals surface area contributed by atoms with Crippen LogP contribution in [0.1, 0.15) is 24.2 Å². The Morgan fingerprint density at radius 3 is 3.11 bits per heavy atom. The lowest BCUT2D eigenvalue weighted by atomic mass is 10.0. The number of aliphatic carboxylic acids is 1. The first-order valence-corrected chi connectivity index (χ1v) is 6.98. The van der Waals surface area contributed by atoms with E-state index in [1.807, 2.05) is 22.2 Å². The van der Waals surface area contributed by atoms with Gasteiger partial charge in [-0.15, -0.1) is 11.3 Å². The zero-order valence-electron chi connectivity index (χ0n) is 9.93. The molecule has 3 heterocycles. The zero-order valence-corrected chi connectivity index (χ0v) is 10.7. The van der Waals surface area contributed by atoms with Gasteiger partial charge >= 0.3 is 5.97 Å². The molecule has 1 N–H and O–H groups in total. The Labute approximate surface area is 109 Å². The number of hydrogen-bond acceptors (Lipinski definition) is 3. The Balaban J connectivity index is 2.13. The second-order valence-electron chi connectivity index (χ2n) is 4.50. The lowest BCUT2D eigenvalue weighted by Crippen LogP contribution is -2.11. The van der Waals surface area contributed by atoms with Crippen LogP contribution in [0.4, 0.5) is 0 Å². The zero-order chi connectivity index (χ0) is 12.5. The molecule has 0 aromatic carbocycles. The molecule has 0 aliphatic carbocycles. The summed E-state index contributed by atoms with van der Waals surface area (Å²) in [5.74, 6) is -0.816. The van der Waals surface area contributed by atoms with E-state index in [1.54, 1.807) is 11.3 Å². The summed E-state index contributed by atoms with van der Waals surface area (Å²) in [5, 5.41) is 15.5. The van der Waals surface area contributed by atoms with Crippen LogP contribution in [0.15, 0.2) is 17.5 Å². The standard InChI is InChI=1S/C13H14N2O2S/c16-12(17)8-9-13(11-5-3-7-18-11)10-4-1-2-6-15(10)14-9/h3,5,7H,1-2,4,6,8H2,(H,16,17). The Morgan fingerprint density at radius 1 is 1.50 bits per heavy atom. The van der Waals surface area contributed by atoms with Gasteiger partial charge in [0.15, 0.2) is 0 Å². The van der Waals surface area contributed by atoms with E-state index in [2.05, 4.69) is 5.10 Å². The van der Waals surface area contributed by atoms with Crippen molar-refractivity contribution in [2.45, 2.75) is 32.2 Å². The average Bonchev–Trinajstić information content (AvgIpc) is 2.93. The van der Waals surface area contributed by atoms with Gasteiger partial charge in [-0.25, -0.2) is 0 Å². The highest BCUT2D eigenvalue weighted by atomic mass is 32.1.